The highest BCUT2D eigenvalue weighted by molar-refractivity contribution is 5.94. The van der Waals surface area contributed by atoms with Crippen molar-refractivity contribution in [2.75, 3.05) is 13.2 Å². The van der Waals surface area contributed by atoms with E-state index in [4.69, 9.17) is 9.15 Å². The van der Waals surface area contributed by atoms with Gasteiger partial charge in [0.1, 0.15) is 6.61 Å². The standard InChI is InChI=1S/C13H13NO3/c15-12(13-5-3-8-17-13)10-16-9-6-11-4-1-2-7-14-11/h1-5,7-8H,6,9-10H2. The summed E-state index contributed by atoms with van der Waals surface area (Å²) in [7, 11) is 0. The van der Waals surface area contributed by atoms with Crippen LogP contribution in [0.5, 0.6) is 0 Å². The number of hydrogen-bond acceptors (Lipinski definition) is 4. The maximum Gasteiger partial charge on any atom is 0.223 e. The third-order valence-electron chi connectivity index (χ3n) is 2.26. The van der Waals surface area contributed by atoms with E-state index >= 15 is 0 Å². The van der Waals surface area contributed by atoms with Crippen LogP contribution >= 0.6 is 0 Å². The minimum atomic E-state index is -0.143. The second kappa shape index (κ2) is 5.96. The number of Topliss-reactive ketones (excluding diaryl/α,β-unsaturated/α-hetero) is 1. The Hall–Kier alpha value is -1.94. The van der Waals surface area contributed by atoms with Gasteiger partial charge in [0, 0.05) is 18.3 Å². The fourth-order valence-electron chi connectivity index (χ4n) is 1.40. The number of hydrogen-bond donors (Lipinski definition) is 0. The van der Waals surface area contributed by atoms with E-state index in [0.29, 0.717) is 18.8 Å². The number of carbonyl (C=O) groups is 1. The maximum atomic E-state index is 11.5. The van der Waals surface area contributed by atoms with Crippen LogP contribution in [0.3, 0.4) is 0 Å². The molecular weight excluding hydrogens is 218 g/mol. The van der Waals surface area contributed by atoms with Crippen molar-refractivity contribution < 1.29 is 13.9 Å². The number of ketones is 1. The molecule has 17 heavy (non-hydrogen) atoms. The fraction of sp³-hybridized carbons (Fsp3) is 0.231. The van der Waals surface area contributed by atoms with E-state index in [9.17, 15) is 4.79 Å². The molecule has 0 fully saturated rings. The molecule has 0 radical (unpaired) electrons. The summed E-state index contributed by atoms with van der Waals surface area (Å²) in [6, 6.07) is 9.03. The number of nitrogens with zero attached hydrogens (tertiary/aromatic N) is 1. The van der Waals surface area contributed by atoms with Gasteiger partial charge in [0.25, 0.3) is 0 Å². The van der Waals surface area contributed by atoms with E-state index < -0.39 is 0 Å². The normalized spacial score (nSPS) is 10.4. The second-order valence-electron chi connectivity index (χ2n) is 3.52. The van der Waals surface area contributed by atoms with Crippen molar-refractivity contribution in [1.29, 1.82) is 0 Å². The fourth-order valence-corrected chi connectivity index (χ4v) is 1.40. The van der Waals surface area contributed by atoms with E-state index in [-0.39, 0.29) is 12.4 Å². The SMILES string of the molecule is O=C(COCCc1ccccn1)c1ccco1. The monoisotopic (exact) mass is 231 g/mol. The van der Waals surface area contributed by atoms with Crippen molar-refractivity contribution in [3.8, 4) is 0 Å². The van der Waals surface area contributed by atoms with Gasteiger partial charge < -0.3 is 9.15 Å². The van der Waals surface area contributed by atoms with Crippen LogP contribution in [0.15, 0.2) is 47.2 Å². The first-order valence-electron chi connectivity index (χ1n) is 5.40. The predicted molar refractivity (Wildman–Crippen MR) is 61.8 cm³/mol. The van der Waals surface area contributed by atoms with Crippen molar-refractivity contribution >= 4 is 5.78 Å². The van der Waals surface area contributed by atoms with Gasteiger partial charge in [-0.15, -0.1) is 0 Å². The molecule has 0 aliphatic rings. The van der Waals surface area contributed by atoms with Crippen LogP contribution in [0.4, 0.5) is 0 Å². The lowest BCUT2D eigenvalue weighted by molar-refractivity contribution is 0.0737. The van der Waals surface area contributed by atoms with E-state index in [1.807, 2.05) is 18.2 Å². The summed E-state index contributed by atoms with van der Waals surface area (Å²) in [6.07, 6.45) is 3.91. The summed E-state index contributed by atoms with van der Waals surface area (Å²) in [5.41, 5.74) is 0.956. The highest BCUT2D eigenvalue weighted by atomic mass is 16.5. The summed E-state index contributed by atoms with van der Waals surface area (Å²) in [6.45, 7) is 0.518. The van der Waals surface area contributed by atoms with Gasteiger partial charge in [-0.05, 0) is 24.3 Å². The van der Waals surface area contributed by atoms with Gasteiger partial charge in [-0.2, -0.15) is 0 Å². The van der Waals surface area contributed by atoms with Gasteiger partial charge in [0.15, 0.2) is 5.76 Å². The zero-order valence-electron chi connectivity index (χ0n) is 9.33. The van der Waals surface area contributed by atoms with E-state index in [1.54, 1.807) is 18.3 Å². The molecule has 0 unspecified atom stereocenters. The van der Waals surface area contributed by atoms with Crippen LogP contribution in [0.1, 0.15) is 16.2 Å². The lowest BCUT2D eigenvalue weighted by Crippen LogP contribution is -2.10. The zero-order chi connectivity index (χ0) is 11.9. The Kier molecular flexibility index (Phi) is 4.05. The van der Waals surface area contributed by atoms with Crippen molar-refractivity contribution in [1.82, 2.24) is 4.98 Å². The Balaban J connectivity index is 1.69. The molecule has 2 aromatic heterocycles. The first-order valence-corrected chi connectivity index (χ1v) is 5.40. The minimum absolute atomic E-state index is 0.0420. The Morgan fingerprint density at radius 3 is 2.94 bits per heavy atom. The molecule has 0 saturated carbocycles. The van der Waals surface area contributed by atoms with Crippen LogP contribution < -0.4 is 0 Å². The Labute approximate surface area is 99.2 Å². The van der Waals surface area contributed by atoms with Gasteiger partial charge >= 0.3 is 0 Å². The van der Waals surface area contributed by atoms with Crippen LogP contribution in [-0.2, 0) is 11.2 Å². The number of rotatable bonds is 6. The highest BCUT2D eigenvalue weighted by Crippen LogP contribution is 2.02. The summed E-state index contributed by atoms with van der Waals surface area (Å²) in [5, 5.41) is 0. The number of carbonyl (C=O) groups excluding carboxylic acids is 1. The van der Waals surface area contributed by atoms with Crippen LogP contribution in [0.2, 0.25) is 0 Å². The van der Waals surface area contributed by atoms with Crippen LogP contribution in [0, 0.1) is 0 Å². The molecule has 0 aliphatic heterocycles. The molecule has 88 valence electrons. The molecule has 2 heterocycles. The van der Waals surface area contributed by atoms with Gasteiger partial charge in [-0.1, -0.05) is 6.07 Å². The highest BCUT2D eigenvalue weighted by Gasteiger charge is 2.08. The predicted octanol–water partition coefficient (Wildman–Crippen LogP) is 2.12. The minimum Gasteiger partial charge on any atom is -0.461 e. The third kappa shape index (κ3) is 3.53. The molecule has 0 bridgehead atoms. The summed E-state index contributed by atoms with van der Waals surface area (Å²) < 4.78 is 10.2. The lowest BCUT2D eigenvalue weighted by Gasteiger charge is -2.01. The van der Waals surface area contributed by atoms with Crippen LogP contribution in [0.25, 0.3) is 0 Å². The molecule has 0 N–H and O–H groups in total. The molecule has 0 spiro atoms. The van der Waals surface area contributed by atoms with E-state index in [2.05, 4.69) is 4.98 Å². The van der Waals surface area contributed by atoms with Gasteiger partial charge in [-0.25, -0.2) is 0 Å². The van der Waals surface area contributed by atoms with Crippen molar-refractivity contribution in [3.63, 3.8) is 0 Å². The molecule has 4 heteroatoms. The summed E-state index contributed by atoms with van der Waals surface area (Å²) in [5.74, 6) is 0.193. The average Bonchev–Trinajstić information content (AvgIpc) is 2.89. The van der Waals surface area contributed by atoms with E-state index in [0.717, 1.165) is 5.69 Å². The van der Waals surface area contributed by atoms with Gasteiger partial charge in [-0.3, -0.25) is 9.78 Å². The molecule has 0 aromatic carbocycles. The molecule has 0 amide bonds. The maximum absolute atomic E-state index is 11.5. The van der Waals surface area contributed by atoms with Crippen molar-refractivity contribution in [3.05, 3.63) is 54.2 Å². The largest absolute Gasteiger partial charge is 0.461 e. The Morgan fingerprint density at radius 2 is 2.24 bits per heavy atom. The molecule has 0 aliphatic carbocycles. The first kappa shape index (κ1) is 11.5. The van der Waals surface area contributed by atoms with Crippen molar-refractivity contribution in [2.45, 2.75) is 6.42 Å². The molecule has 4 nitrogen and oxygen atoms in total. The molecule has 2 rings (SSSR count). The smallest absolute Gasteiger partial charge is 0.223 e. The third-order valence-corrected chi connectivity index (χ3v) is 2.26. The molecule has 0 atom stereocenters. The number of pyridine rings is 1. The topological polar surface area (TPSA) is 52.3 Å². The van der Waals surface area contributed by atoms with Gasteiger partial charge in [0.2, 0.25) is 5.78 Å². The number of aromatic nitrogens is 1. The number of furan rings is 1. The second-order valence-corrected chi connectivity index (χ2v) is 3.52. The Morgan fingerprint density at radius 1 is 1.29 bits per heavy atom. The zero-order valence-corrected chi connectivity index (χ0v) is 9.33. The summed E-state index contributed by atoms with van der Waals surface area (Å²) >= 11 is 0. The van der Waals surface area contributed by atoms with Crippen molar-refractivity contribution in [2.24, 2.45) is 0 Å². The first-order chi connectivity index (χ1) is 8.36. The average molecular weight is 231 g/mol. The quantitative estimate of drug-likeness (QED) is 0.564. The van der Waals surface area contributed by atoms with Crippen LogP contribution in [-0.4, -0.2) is 24.0 Å². The molecular formula is C13H13NO3. The van der Waals surface area contributed by atoms with Gasteiger partial charge in [0.05, 0.1) is 12.9 Å². The summed E-state index contributed by atoms with van der Waals surface area (Å²) in [4.78, 5) is 15.6. The number of ether oxygens (including phenoxy) is 1. The van der Waals surface area contributed by atoms with E-state index in [1.165, 1.54) is 6.26 Å². The Bertz CT molecular complexity index is 451. The molecule has 2 aromatic rings. The lowest BCUT2D eigenvalue weighted by atomic mass is 10.3. The molecule has 0 saturated heterocycles.